The number of hydrogen-bond donors (Lipinski definition) is 1. The van der Waals surface area contributed by atoms with Crippen molar-refractivity contribution in [3.05, 3.63) is 60.2 Å². The van der Waals surface area contributed by atoms with Crippen LogP contribution in [-0.4, -0.2) is 30.6 Å². The first-order chi connectivity index (χ1) is 9.17. The van der Waals surface area contributed by atoms with Crippen molar-refractivity contribution in [3.8, 4) is 0 Å². The molecule has 0 aromatic heterocycles. The number of carbonyl (C=O) groups excluding carboxylic acids is 1. The molecule has 2 amide bonds. The van der Waals surface area contributed by atoms with E-state index in [1.807, 2.05) is 24.3 Å². The molecule has 0 saturated carbocycles. The monoisotopic (exact) mass is 278 g/mol. The van der Waals surface area contributed by atoms with E-state index in [0.717, 1.165) is 17.0 Å². The Morgan fingerprint density at radius 1 is 1.21 bits per heavy atom. The molecule has 0 fully saturated rings. The van der Waals surface area contributed by atoms with Crippen molar-refractivity contribution < 1.29 is 4.79 Å². The van der Waals surface area contributed by atoms with Gasteiger partial charge in [-0.3, -0.25) is 0 Å². The van der Waals surface area contributed by atoms with Gasteiger partial charge in [-0.1, -0.05) is 35.9 Å². The molecule has 0 bridgehead atoms. The minimum absolute atomic E-state index is 0.103. The summed E-state index contributed by atoms with van der Waals surface area (Å²) in [4.78, 5) is 13.5. The third kappa shape index (κ3) is 5.62. The molecule has 0 aliphatic carbocycles. The second-order valence-corrected chi connectivity index (χ2v) is 4.53. The molecule has 0 unspecified atom stereocenters. The number of nitrogens with zero attached hydrogens (tertiary/aromatic N) is 1. The molecule has 0 aliphatic rings. The summed E-state index contributed by atoms with van der Waals surface area (Å²) in [5.74, 6) is 0. The molecule has 4 heteroatoms. The Morgan fingerprint density at radius 3 is 2.32 bits per heavy atom. The first kappa shape index (κ1) is 15.3. The van der Waals surface area contributed by atoms with E-state index in [2.05, 4.69) is 18.5 Å². The Hall–Kier alpha value is -1.74. The Kier molecular flexibility index (Phi) is 6.75. The first-order valence-electron chi connectivity index (χ1n) is 6.16. The van der Waals surface area contributed by atoms with Crippen molar-refractivity contribution in [1.29, 1.82) is 0 Å². The van der Waals surface area contributed by atoms with Gasteiger partial charge in [0.2, 0.25) is 0 Å². The average Bonchev–Trinajstić information content (AvgIpc) is 2.40. The maximum Gasteiger partial charge on any atom is 0.317 e. The van der Waals surface area contributed by atoms with Gasteiger partial charge in [0.25, 0.3) is 0 Å². The molecule has 0 spiro atoms. The minimum Gasteiger partial charge on any atom is -0.338 e. The summed E-state index contributed by atoms with van der Waals surface area (Å²) in [6.07, 6.45) is 4.17. The predicted octanol–water partition coefficient (Wildman–Crippen LogP) is 3.27. The largest absolute Gasteiger partial charge is 0.338 e. The van der Waals surface area contributed by atoms with Crippen LogP contribution in [0.5, 0.6) is 0 Å². The van der Waals surface area contributed by atoms with Crippen molar-refractivity contribution in [2.75, 3.05) is 19.6 Å². The van der Waals surface area contributed by atoms with E-state index < -0.39 is 0 Å². The molecule has 1 N–H and O–H groups in total. The topological polar surface area (TPSA) is 32.3 Å². The van der Waals surface area contributed by atoms with Crippen LogP contribution in [-0.2, 0) is 6.42 Å². The molecule has 102 valence electrons. The maximum absolute atomic E-state index is 11.9. The molecule has 0 radical (unpaired) electrons. The van der Waals surface area contributed by atoms with Gasteiger partial charge < -0.3 is 10.2 Å². The van der Waals surface area contributed by atoms with Crippen LogP contribution in [0.15, 0.2) is 49.6 Å². The highest BCUT2D eigenvalue weighted by Crippen LogP contribution is 2.09. The lowest BCUT2D eigenvalue weighted by Crippen LogP contribution is -2.40. The Morgan fingerprint density at radius 2 is 1.79 bits per heavy atom. The van der Waals surface area contributed by atoms with Crippen LogP contribution in [0.4, 0.5) is 4.79 Å². The lowest BCUT2D eigenvalue weighted by molar-refractivity contribution is 0.208. The van der Waals surface area contributed by atoms with Crippen LogP contribution in [0.1, 0.15) is 5.56 Å². The van der Waals surface area contributed by atoms with Crippen LogP contribution < -0.4 is 5.32 Å². The van der Waals surface area contributed by atoms with Crippen LogP contribution in [0.3, 0.4) is 0 Å². The first-order valence-corrected chi connectivity index (χ1v) is 6.54. The molecule has 1 aromatic rings. The molecule has 0 heterocycles. The van der Waals surface area contributed by atoms with Gasteiger partial charge >= 0.3 is 6.03 Å². The van der Waals surface area contributed by atoms with Crippen molar-refractivity contribution >= 4 is 17.6 Å². The van der Waals surface area contributed by atoms with Gasteiger partial charge in [-0.15, -0.1) is 13.2 Å². The van der Waals surface area contributed by atoms with Crippen LogP contribution in [0.25, 0.3) is 0 Å². The van der Waals surface area contributed by atoms with Crippen molar-refractivity contribution in [2.24, 2.45) is 0 Å². The second kappa shape index (κ2) is 8.38. The van der Waals surface area contributed by atoms with Crippen LogP contribution in [0.2, 0.25) is 5.02 Å². The van der Waals surface area contributed by atoms with E-state index in [1.54, 1.807) is 17.1 Å². The molecular formula is C15H19ClN2O. The number of benzene rings is 1. The molecular weight excluding hydrogens is 260 g/mol. The highest BCUT2D eigenvalue weighted by Gasteiger charge is 2.08. The zero-order valence-corrected chi connectivity index (χ0v) is 11.7. The summed E-state index contributed by atoms with van der Waals surface area (Å²) in [5.41, 5.74) is 1.14. The van der Waals surface area contributed by atoms with Crippen molar-refractivity contribution in [3.63, 3.8) is 0 Å². The molecule has 1 aromatic carbocycles. The van der Waals surface area contributed by atoms with Gasteiger partial charge in [-0.05, 0) is 24.1 Å². The van der Waals surface area contributed by atoms with Gasteiger partial charge in [0, 0.05) is 24.7 Å². The summed E-state index contributed by atoms with van der Waals surface area (Å²) in [5, 5.41) is 3.59. The number of halogens is 1. The lowest BCUT2D eigenvalue weighted by atomic mass is 10.1. The number of amides is 2. The Bertz CT molecular complexity index is 418. The zero-order valence-electron chi connectivity index (χ0n) is 10.9. The number of carbonyl (C=O) groups is 1. The fourth-order valence-electron chi connectivity index (χ4n) is 1.63. The fraction of sp³-hybridized carbons (Fsp3) is 0.267. The van der Waals surface area contributed by atoms with E-state index in [9.17, 15) is 4.79 Å². The lowest BCUT2D eigenvalue weighted by Gasteiger charge is -2.19. The van der Waals surface area contributed by atoms with Gasteiger partial charge in [-0.2, -0.15) is 0 Å². The standard InChI is InChI=1S/C15H19ClN2O/c1-3-11-18(12-4-2)15(19)17-10-9-13-5-7-14(16)8-6-13/h3-8H,1-2,9-12H2,(H,17,19). The van der Waals surface area contributed by atoms with Gasteiger partial charge in [-0.25, -0.2) is 4.79 Å². The number of nitrogens with one attached hydrogen (secondary N) is 1. The normalized spacial score (nSPS) is 9.74. The smallest absolute Gasteiger partial charge is 0.317 e. The summed E-state index contributed by atoms with van der Waals surface area (Å²) in [6.45, 7) is 8.88. The number of hydrogen-bond acceptors (Lipinski definition) is 1. The van der Waals surface area contributed by atoms with Crippen LogP contribution in [0, 0.1) is 0 Å². The zero-order chi connectivity index (χ0) is 14.1. The van der Waals surface area contributed by atoms with E-state index in [1.165, 1.54) is 0 Å². The quantitative estimate of drug-likeness (QED) is 0.763. The predicted molar refractivity (Wildman–Crippen MR) is 80.5 cm³/mol. The third-order valence-corrected chi connectivity index (χ3v) is 2.84. The molecule has 19 heavy (non-hydrogen) atoms. The minimum atomic E-state index is -0.103. The van der Waals surface area contributed by atoms with Crippen molar-refractivity contribution in [2.45, 2.75) is 6.42 Å². The third-order valence-electron chi connectivity index (χ3n) is 2.59. The number of rotatable bonds is 7. The summed E-state index contributed by atoms with van der Waals surface area (Å²) < 4.78 is 0. The SMILES string of the molecule is C=CCN(CC=C)C(=O)NCCc1ccc(Cl)cc1. The van der Waals surface area contributed by atoms with E-state index in [4.69, 9.17) is 11.6 Å². The molecule has 1 rings (SSSR count). The maximum atomic E-state index is 11.9. The Labute approximate surface area is 119 Å². The average molecular weight is 279 g/mol. The van der Waals surface area contributed by atoms with Gasteiger partial charge in [0.05, 0.1) is 0 Å². The highest BCUT2D eigenvalue weighted by molar-refractivity contribution is 6.30. The molecule has 0 atom stereocenters. The molecule has 0 aliphatic heterocycles. The highest BCUT2D eigenvalue weighted by atomic mass is 35.5. The van der Waals surface area contributed by atoms with Gasteiger partial charge in [0.15, 0.2) is 0 Å². The van der Waals surface area contributed by atoms with Crippen molar-refractivity contribution in [1.82, 2.24) is 10.2 Å². The number of urea groups is 1. The molecule has 0 saturated heterocycles. The van der Waals surface area contributed by atoms with Gasteiger partial charge in [0.1, 0.15) is 0 Å². The Balaban J connectivity index is 2.38. The summed E-state index contributed by atoms with van der Waals surface area (Å²) in [7, 11) is 0. The summed E-state index contributed by atoms with van der Waals surface area (Å²) in [6, 6.07) is 7.51. The summed E-state index contributed by atoms with van der Waals surface area (Å²) >= 11 is 5.81. The van der Waals surface area contributed by atoms with E-state index >= 15 is 0 Å². The van der Waals surface area contributed by atoms with E-state index in [-0.39, 0.29) is 6.03 Å². The molecule has 3 nitrogen and oxygen atoms in total. The fourth-order valence-corrected chi connectivity index (χ4v) is 1.75. The van der Waals surface area contributed by atoms with E-state index in [0.29, 0.717) is 19.6 Å². The second-order valence-electron chi connectivity index (χ2n) is 4.09. The van der Waals surface area contributed by atoms with Crippen LogP contribution >= 0.6 is 11.6 Å².